The molecule has 0 aromatic heterocycles. The van der Waals surface area contributed by atoms with Crippen LogP contribution < -0.4 is 58.5 Å². The normalized spacial score (nSPS) is 8.00. The molecular weight excluding hydrogens is 264 g/mol. The van der Waals surface area contributed by atoms with Crippen molar-refractivity contribution >= 4 is 72.8 Å². The van der Waals surface area contributed by atoms with Crippen LogP contribution in [0.4, 0.5) is 4.20 Å². The molecule has 0 aliphatic rings. The maximum Gasteiger partial charge on any atom is 3.00 e. The van der Waals surface area contributed by atoms with E-state index < -0.39 is 17.7 Å². The van der Waals surface area contributed by atoms with E-state index in [1.54, 1.807) is 0 Å². The molecule has 0 heterocycles. The van der Waals surface area contributed by atoms with Gasteiger partial charge in [0.05, 0.1) is 0 Å². The van der Waals surface area contributed by atoms with Crippen molar-refractivity contribution in [2.45, 2.75) is 0 Å². The van der Waals surface area contributed by atoms with Gasteiger partial charge in [0.25, 0.3) is 0 Å². The molecule has 0 amide bonds. The van der Waals surface area contributed by atoms with Crippen LogP contribution in [0.2, 0.25) is 0 Å². The summed E-state index contributed by atoms with van der Waals surface area (Å²) in [7, 11) is -9.23. The predicted molar refractivity (Wildman–Crippen MR) is 25.3 cm³/mol. The first-order chi connectivity index (χ1) is 3.73. The maximum absolute atomic E-state index is 9.95. The van der Waals surface area contributed by atoms with Crippen LogP contribution in [0.3, 0.4) is 0 Å². The second-order valence-corrected chi connectivity index (χ2v) is 2.14. The Bertz CT molecular complexity index is 64.3. The van der Waals surface area contributed by atoms with E-state index in [2.05, 4.69) is 0 Å². The second kappa shape index (κ2) is 16.6. The molecule has 0 saturated carbocycles. The van der Waals surface area contributed by atoms with Gasteiger partial charge in [0.1, 0.15) is 0 Å². The van der Waals surface area contributed by atoms with Gasteiger partial charge in [-0.2, -0.15) is 0 Å². The van der Waals surface area contributed by atoms with Crippen LogP contribution in [0.15, 0.2) is 0 Å². The Hall–Kier alpha value is 3.13. The fourth-order valence-corrected chi connectivity index (χ4v) is 0. The summed E-state index contributed by atoms with van der Waals surface area (Å²) in [5.41, 5.74) is 0. The third-order valence-electron chi connectivity index (χ3n) is 0. The molecule has 0 fully saturated rings. The third kappa shape index (κ3) is 197. The van der Waals surface area contributed by atoms with Gasteiger partial charge in [-0.25, -0.2) is 0 Å². The summed E-state index contributed by atoms with van der Waals surface area (Å²) >= 11 is 0. The molecule has 0 spiro atoms. The number of hydrogen-bond acceptors (Lipinski definition) is 6. The van der Waals surface area contributed by atoms with Gasteiger partial charge in [0.15, 0.2) is 0 Å². The number of rotatable bonds is 0. The minimum absolute atomic E-state index is 0. The van der Waals surface area contributed by atoms with Gasteiger partial charge in [-0.05, 0) is 0 Å². The van der Waals surface area contributed by atoms with Crippen molar-refractivity contribution in [1.29, 1.82) is 0 Å². The van der Waals surface area contributed by atoms with Gasteiger partial charge in [0.2, 0.25) is 0 Å². The smallest absolute Gasteiger partial charge is 0.894 e. The van der Waals surface area contributed by atoms with Gasteiger partial charge in [0, 0.05) is 0 Å². The summed E-state index contributed by atoms with van der Waals surface area (Å²) in [6, 6.07) is 0. The maximum atomic E-state index is 9.95. The van der Waals surface area contributed by atoms with E-state index in [0.29, 0.717) is 0 Å². The largest absolute Gasteiger partial charge is 3.00 e. The molecule has 0 atom stereocenters. The topological polar surface area (TPSA) is 138 Å². The van der Waals surface area contributed by atoms with E-state index in [4.69, 9.17) is 29.0 Å². The van der Waals surface area contributed by atoms with Gasteiger partial charge < -0.3 is 38.0 Å². The first-order valence-electron chi connectivity index (χ1n) is 1.35. The summed E-state index contributed by atoms with van der Waals surface area (Å²) < 4.78 is 9.95. The Morgan fingerprint density at radius 1 is 1.00 bits per heavy atom. The third-order valence-corrected chi connectivity index (χ3v) is 0. The summed E-state index contributed by atoms with van der Waals surface area (Å²) in [5.74, 6) is 0. The van der Waals surface area contributed by atoms with E-state index in [1.165, 1.54) is 0 Å². The van der Waals surface area contributed by atoms with Crippen LogP contribution in [-0.4, -0.2) is 64.1 Å². The van der Waals surface area contributed by atoms with E-state index in [0.717, 1.165) is 0 Å². The molecule has 0 aromatic rings. The first kappa shape index (κ1) is 29.4. The molecule has 0 aliphatic heterocycles. The first-order valence-corrected chi connectivity index (χ1v) is 4.05. The average Bonchev–Trinajstić information content (AvgIpc) is 1.19. The summed E-state index contributed by atoms with van der Waals surface area (Å²) in [6.45, 7) is 0. The Morgan fingerprint density at radius 3 is 1.00 bits per heavy atom. The zero-order valence-corrected chi connectivity index (χ0v) is 13.3. The Morgan fingerprint density at radius 2 is 1.00 bits per heavy atom. The summed E-state index contributed by atoms with van der Waals surface area (Å²) in [5, 5.41) is 0. The molecule has 0 aromatic carbocycles. The van der Waals surface area contributed by atoms with Gasteiger partial charge in [-0.15, -0.1) is 8.69 Å². The van der Waals surface area contributed by atoms with Crippen molar-refractivity contribution in [3.8, 4) is 0 Å². The molecule has 0 radical (unpaired) electrons. The molecule has 0 saturated heterocycles. The fraction of sp³-hybridized carbons (Fsp3) is 0. The van der Waals surface area contributed by atoms with Crippen LogP contribution in [0, 0.1) is 0 Å². The molecule has 58 valence electrons. The van der Waals surface area contributed by atoms with Crippen LogP contribution >= 0.6 is 8.69 Å². The molecule has 0 bridgehead atoms. The van der Waals surface area contributed by atoms with Crippen molar-refractivity contribution < 1.29 is 62.7 Å². The Kier molecular flexibility index (Phi) is 40.6. The van der Waals surface area contributed by atoms with Crippen molar-refractivity contribution in [1.82, 2.24) is 0 Å². The number of hydrogen-bond donors (Lipinski definition) is 0. The van der Waals surface area contributed by atoms with Crippen LogP contribution in [-0.2, 0) is 0 Å². The minimum Gasteiger partial charge on any atom is -0.894 e. The van der Waals surface area contributed by atoms with E-state index in [1.807, 2.05) is 0 Å². The molecular formula is AlCaFNaO6PSi. The van der Waals surface area contributed by atoms with Crippen molar-refractivity contribution in [3.63, 3.8) is 0 Å². The number of halogens is 1. The van der Waals surface area contributed by atoms with Crippen LogP contribution in [0.1, 0.15) is 0 Å². The summed E-state index contributed by atoms with van der Waals surface area (Å²) in [6.07, 6.45) is 0. The average molecular weight is 264 g/mol. The zero-order chi connectivity index (χ0) is 8.08. The monoisotopic (exact) mass is 264 g/mol. The Balaban J connectivity index is -0.0000000221. The van der Waals surface area contributed by atoms with Gasteiger partial charge >= 0.3 is 84.7 Å². The molecule has 0 N–H and O–H groups in total. The predicted octanol–water partition coefficient (Wildman–Crippen LogP) is -9.99. The van der Waals surface area contributed by atoms with Crippen molar-refractivity contribution in [2.24, 2.45) is 0 Å². The standard InChI is InChI=1S/Al.Ca.FO2P.Na.O4Si/c;;1-4(2)3;;1-5(2,3)4/q+3;+2;-2;+1;-4. The quantitative estimate of drug-likeness (QED) is 0.314. The molecule has 12 heavy (non-hydrogen) atoms. The molecule has 0 aliphatic carbocycles. The van der Waals surface area contributed by atoms with Gasteiger partial charge in [-0.1, -0.05) is 0 Å². The van der Waals surface area contributed by atoms with Crippen molar-refractivity contribution in [2.75, 3.05) is 0 Å². The van der Waals surface area contributed by atoms with E-state index in [-0.39, 0.29) is 84.7 Å². The SMILES string of the molecule is [Al+3].[Ca+2].[Na+].[O-]P([O-])F.[O-][Si]([O-])([O-])[O-]. The van der Waals surface area contributed by atoms with E-state index in [9.17, 15) is 4.20 Å². The molecule has 0 unspecified atom stereocenters. The van der Waals surface area contributed by atoms with Gasteiger partial charge in [-0.3, -0.25) is 4.20 Å². The second-order valence-electron chi connectivity index (χ2n) is 0.713. The summed E-state index contributed by atoms with van der Waals surface area (Å²) in [4.78, 5) is 51.0. The minimum atomic E-state index is -5.61. The molecule has 6 nitrogen and oxygen atoms in total. The fourth-order valence-electron chi connectivity index (χ4n) is 0. The molecule has 0 rings (SSSR count). The van der Waals surface area contributed by atoms with Crippen LogP contribution in [0.25, 0.3) is 0 Å². The Labute approximate surface area is 133 Å². The molecule has 12 heteroatoms. The van der Waals surface area contributed by atoms with Crippen LogP contribution in [0.5, 0.6) is 0 Å². The van der Waals surface area contributed by atoms with Crippen molar-refractivity contribution in [3.05, 3.63) is 0 Å². The van der Waals surface area contributed by atoms with E-state index >= 15 is 0 Å². The zero-order valence-electron chi connectivity index (χ0n) is 6.06.